The van der Waals surface area contributed by atoms with Crippen LogP contribution in [0.3, 0.4) is 0 Å². The maximum atomic E-state index is 13.3. The van der Waals surface area contributed by atoms with Crippen molar-refractivity contribution in [3.8, 4) is 0 Å². The number of nitrogens with zero attached hydrogens (tertiary/aromatic N) is 3. The van der Waals surface area contributed by atoms with Crippen LogP contribution in [-0.2, 0) is 9.59 Å². The SMILES string of the molecule is O=C1C(=O)N(c2ccc(N3CCCCC3)cc2)C(c2ccccc2)/C1=C(/O)c1cccc([N+](=O)[O-])c1. The number of benzene rings is 3. The van der Waals surface area contributed by atoms with Crippen molar-refractivity contribution in [3.63, 3.8) is 0 Å². The molecule has 2 aliphatic rings. The summed E-state index contributed by atoms with van der Waals surface area (Å²) in [6.45, 7) is 1.97. The Hall–Kier alpha value is -4.46. The number of carbonyl (C=O) groups excluding carboxylic acids is 2. The summed E-state index contributed by atoms with van der Waals surface area (Å²) < 4.78 is 0. The van der Waals surface area contributed by atoms with Crippen molar-refractivity contribution in [1.82, 2.24) is 0 Å². The number of aliphatic hydroxyl groups excluding tert-OH is 1. The molecule has 2 aliphatic heterocycles. The van der Waals surface area contributed by atoms with Gasteiger partial charge in [-0.3, -0.25) is 24.6 Å². The first kappa shape index (κ1) is 23.3. The molecule has 0 radical (unpaired) electrons. The molecular weight excluding hydrogens is 458 g/mol. The number of hydrogen-bond donors (Lipinski definition) is 1. The van der Waals surface area contributed by atoms with Crippen LogP contribution < -0.4 is 9.80 Å². The lowest BCUT2D eigenvalue weighted by molar-refractivity contribution is -0.384. The molecule has 0 aliphatic carbocycles. The molecule has 3 aromatic carbocycles. The van der Waals surface area contributed by atoms with E-state index < -0.39 is 28.4 Å². The summed E-state index contributed by atoms with van der Waals surface area (Å²) in [4.78, 5) is 41.0. The van der Waals surface area contributed by atoms with Gasteiger partial charge in [-0.05, 0) is 49.1 Å². The third kappa shape index (κ3) is 4.22. The zero-order chi connectivity index (χ0) is 25.2. The first-order valence-electron chi connectivity index (χ1n) is 11.9. The average Bonchev–Trinajstić information content (AvgIpc) is 3.19. The molecule has 1 atom stereocenters. The van der Waals surface area contributed by atoms with E-state index in [1.54, 1.807) is 24.3 Å². The van der Waals surface area contributed by atoms with Crippen LogP contribution in [0.15, 0.2) is 84.4 Å². The summed E-state index contributed by atoms with van der Waals surface area (Å²) in [6.07, 6.45) is 3.50. The number of ketones is 1. The highest BCUT2D eigenvalue weighted by Crippen LogP contribution is 2.42. The minimum absolute atomic E-state index is 0.101. The molecule has 8 heteroatoms. The number of non-ortho nitro benzene ring substituents is 1. The zero-order valence-electron chi connectivity index (χ0n) is 19.5. The summed E-state index contributed by atoms with van der Waals surface area (Å²) in [7, 11) is 0. The van der Waals surface area contributed by atoms with E-state index in [9.17, 15) is 24.8 Å². The normalized spacial score (nSPS) is 19.5. The zero-order valence-corrected chi connectivity index (χ0v) is 19.5. The number of anilines is 2. The van der Waals surface area contributed by atoms with E-state index in [1.807, 2.05) is 30.3 Å². The molecule has 1 N–H and O–H groups in total. The van der Waals surface area contributed by atoms with Gasteiger partial charge >= 0.3 is 0 Å². The molecule has 5 rings (SSSR count). The van der Waals surface area contributed by atoms with Gasteiger partial charge in [-0.15, -0.1) is 0 Å². The smallest absolute Gasteiger partial charge is 0.300 e. The Morgan fingerprint density at radius 3 is 2.19 bits per heavy atom. The van der Waals surface area contributed by atoms with Gasteiger partial charge in [0.15, 0.2) is 0 Å². The van der Waals surface area contributed by atoms with Gasteiger partial charge in [-0.2, -0.15) is 0 Å². The van der Waals surface area contributed by atoms with Gasteiger partial charge in [-0.1, -0.05) is 42.5 Å². The maximum absolute atomic E-state index is 13.3. The van der Waals surface area contributed by atoms with Crippen molar-refractivity contribution >= 4 is 34.5 Å². The highest BCUT2D eigenvalue weighted by molar-refractivity contribution is 6.51. The molecule has 0 saturated carbocycles. The van der Waals surface area contributed by atoms with Gasteiger partial charge in [0.05, 0.1) is 16.5 Å². The summed E-state index contributed by atoms with van der Waals surface area (Å²) in [5, 5.41) is 22.4. The Morgan fingerprint density at radius 2 is 1.53 bits per heavy atom. The number of amides is 1. The molecule has 2 saturated heterocycles. The van der Waals surface area contributed by atoms with Crippen LogP contribution in [0.2, 0.25) is 0 Å². The second-order valence-electron chi connectivity index (χ2n) is 8.95. The number of carbonyl (C=O) groups is 2. The number of hydrogen-bond acceptors (Lipinski definition) is 6. The average molecular weight is 484 g/mol. The quantitative estimate of drug-likeness (QED) is 0.176. The number of rotatable bonds is 5. The fraction of sp³-hybridized carbons (Fsp3) is 0.214. The van der Waals surface area contributed by atoms with Crippen LogP contribution in [-0.4, -0.2) is 34.8 Å². The Kier molecular flexibility index (Phi) is 6.25. The molecule has 36 heavy (non-hydrogen) atoms. The molecule has 8 nitrogen and oxygen atoms in total. The standard InChI is InChI=1S/C28H25N3O5/c32-26(20-10-7-11-23(18-20)31(35)36)24-25(19-8-3-1-4-9-19)30(28(34)27(24)33)22-14-12-21(13-15-22)29-16-5-2-6-17-29/h1,3-4,7-15,18,25,32H,2,5-6,16-17H2/b26-24-. The highest BCUT2D eigenvalue weighted by atomic mass is 16.6. The van der Waals surface area contributed by atoms with Gasteiger partial charge in [0.2, 0.25) is 0 Å². The first-order valence-corrected chi connectivity index (χ1v) is 11.9. The molecule has 0 bridgehead atoms. The topological polar surface area (TPSA) is 104 Å². The van der Waals surface area contributed by atoms with Crippen LogP contribution in [0.25, 0.3) is 5.76 Å². The van der Waals surface area contributed by atoms with Crippen molar-refractivity contribution in [2.24, 2.45) is 0 Å². The van der Waals surface area contributed by atoms with Gasteiger partial charge in [-0.25, -0.2) is 0 Å². The summed E-state index contributed by atoms with van der Waals surface area (Å²) in [6, 6.07) is 21.0. The third-order valence-corrected chi connectivity index (χ3v) is 6.74. The van der Waals surface area contributed by atoms with E-state index in [2.05, 4.69) is 4.90 Å². The number of piperidine rings is 1. The molecule has 1 amide bonds. The van der Waals surface area contributed by atoms with Crippen molar-refractivity contribution in [2.75, 3.05) is 22.9 Å². The summed E-state index contributed by atoms with van der Waals surface area (Å²) >= 11 is 0. The van der Waals surface area contributed by atoms with Crippen molar-refractivity contribution in [3.05, 3.63) is 106 Å². The second kappa shape index (κ2) is 9.65. The Morgan fingerprint density at radius 1 is 0.861 bits per heavy atom. The van der Waals surface area contributed by atoms with Crippen molar-refractivity contribution in [1.29, 1.82) is 0 Å². The first-order chi connectivity index (χ1) is 17.5. The van der Waals surface area contributed by atoms with Gasteiger partial charge in [0, 0.05) is 42.2 Å². The van der Waals surface area contributed by atoms with Gasteiger partial charge in [0.25, 0.3) is 17.4 Å². The highest BCUT2D eigenvalue weighted by Gasteiger charge is 2.47. The van der Waals surface area contributed by atoms with Crippen LogP contribution in [0.5, 0.6) is 0 Å². The molecule has 2 fully saturated rings. The van der Waals surface area contributed by atoms with E-state index in [0.717, 1.165) is 31.6 Å². The fourth-order valence-electron chi connectivity index (χ4n) is 4.95. The minimum Gasteiger partial charge on any atom is -0.507 e. The predicted molar refractivity (Wildman–Crippen MR) is 137 cm³/mol. The number of aliphatic hydroxyl groups is 1. The minimum atomic E-state index is -0.883. The maximum Gasteiger partial charge on any atom is 0.300 e. The van der Waals surface area contributed by atoms with E-state index in [0.29, 0.717) is 11.3 Å². The van der Waals surface area contributed by atoms with E-state index in [4.69, 9.17) is 0 Å². The van der Waals surface area contributed by atoms with Gasteiger partial charge in [0.1, 0.15) is 5.76 Å². The number of Topliss-reactive ketones (excluding diaryl/α,β-unsaturated/α-hetero) is 1. The number of nitro benzene ring substituents is 1. The van der Waals surface area contributed by atoms with E-state index >= 15 is 0 Å². The van der Waals surface area contributed by atoms with Gasteiger partial charge < -0.3 is 10.0 Å². The molecule has 3 aromatic rings. The fourth-order valence-corrected chi connectivity index (χ4v) is 4.95. The monoisotopic (exact) mass is 483 g/mol. The van der Waals surface area contributed by atoms with E-state index in [-0.39, 0.29) is 16.8 Å². The third-order valence-electron chi connectivity index (χ3n) is 6.74. The molecule has 0 spiro atoms. The van der Waals surface area contributed by atoms with Crippen LogP contribution in [0.1, 0.15) is 36.4 Å². The number of nitro groups is 1. The van der Waals surface area contributed by atoms with Crippen molar-refractivity contribution < 1.29 is 19.6 Å². The Balaban J connectivity index is 1.60. The Bertz CT molecular complexity index is 1350. The second-order valence-corrected chi connectivity index (χ2v) is 8.95. The summed E-state index contributed by atoms with van der Waals surface area (Å²) in [5.41, 5.74) is 2.00. The molecule has 182 valence electrons. The summed E-state index contributed by atoms with van der Waals surface area (Å²) in [5.74, 6) is -2.05. The molecule has 1 unspecified atom stereocenters. The van der Waals surface area contributed by atoms with Crippen LogP contribution >= 0.6 is 0 Å². The predicted octanol–water partition coefficient (Wildman–Crippen LogP) is 5.21. The largest absolute Gasteiger partial charge is 0.507 e. The Labute approximate surface area is 208 Å². The van der Waals surface area contributed by atoms with Crippen LogP contribution in [0.4, 0.5) is 17.1 Å². The lowest BCUT2D eigenvalue weighted by Crippen LogP contribution is -2.30. The molecular formula is C28H25N3O5. The lowest BCUT2D eigenvalue weighted by atomic mass is 9.95. The molecule has 2 heterocycles. The lowest BCUT2D eigenvalue weighted by Gasteiger charge is -2.30. The molecule has 0 aromatic heterocycles. The van der Waals surface area contributed by atoms with Crippen LogP contribution in [0, 0.1) is 10.1 Å². The van der Waals surface area contributed by atoms with Crippen molar-refractivity contribution in [2.45, 2.75) is 25.3 Å². The van der Waals surface area contributed by atoms with E-state index in [1.165, 1.54) is 35.6 Å².